The number of benzene rings is 1. The molecule has 0 unspecified atom stereocenters. The average molecular weight is 230 g/mol. The highest BCUT2D eigenvalue weighted by Crippen LogP contribution is 2.38. The van der Waals surface area contributed by atoms with Gasteiger partial charge in [-0.2, -0.15) is 0 Å². The first-order chi connectivity index (χ1) is 7.77. The number of nitrogens with zero attached hydrogens (tertiary/aromatic N) is 1. The van der Waals surface area contributed by atoms with Gasteiger partial charge < -0.3 is 10.3 Å². The molecule has 2 heterocycles. The maximum absolute atomic E-state index is 5.91. The number of hydrogen-bond acceptors (Lipinski definition) is 4. The number of thiophene rings is 1. The van der Waals surface area contributed by atoms with E-state index in [1.165, 1.54) is 0 Å². The highest BCUT2D eigenvalue weighted by molar-refractivity contribution is 7.20. The van der Waals surface area contributed by atoms with Gasteiger partial charge in [0, 0.05) is 10.4 Å². The predicted molar refractivity (Wildman–Crippen MR) is 66.5 cm³/mol. The summed E-state index contributed by atoms with van der Waals surface area (Å²) >= 11 is 1.63. The third kappa shape index (κ3) is 1.23. The standard InChI is InChI=1S/C12H10N2OS/c1-7-9(13)11-12(16-7)10(14-15-11)8-5-3-2-4-6-8/h2-6H,13H2,1H3. The first kappa shape index (κ1) is 9.42. The molecule has 0 saturated carbocycles. The maximum atomic E-state index is 5.91. The molecular weight excluding hydrogens is 220 g/mol. The fourth-order valence-electron chi connectivity index (χ4n) is 1.70. The summed E-state index contributed by atoms with van der Waals surface area (Å²) in [5.41, 5.74) is 9.25. The number of rotatable bonds is 1. The number of nitrogens with two attached hydrogens (primary N) is 1. The molecule has 3 rings (SSSR count). The van der Waals surface area contributed by atoms with Crippen LogP contribution in [0, 0.1) is 6.92 Å². The minimum absolute atomic E-state index is 0.703. The lowest BCUT2D eigenvalue weighted by atomic mass is 10.1. The molecule has 0 aliphatic rings. The number of hydrogen-bond donors (Lipinski definition) is 1. The van der Waals surface area contributed by atoms with Gasteiger partial charge in [0.25, 0.3) is 0 Å². The van der Waals surface area contributed by atoms with E-state index in [1.54, 1.807) is 11.3 Å². The molecule has 3 aromatic rings. The normalized spacial score (nSPS) is 11.1. The second-order valence-corrected chi connectivity index (χ2v) is 4.85. The lowest BCUT2D eigenvalue weighted by Crippen LogP contribution is -1.81. The molecule has 4 heteroatoms. The van der Waals surface area contributed by atoms with Crippen molar-refractivity contribution in [2.45, 2.75) is 6.92 Å². The molecule has 2 aromatic heterocycles. The van der Waals surface area contributed by atoms with E-state index in [0.29, 0.717) is 11.3 Å². The van der Waals surface area contributed by atoms with Crippen molar-refractivity contribution in [2.75, 3.05) is 5.73 Å². The van der Waals surface area contributed by atoms with Gasteiger partial charge in [-0.1, -0.05) is 35.5 Å². The van der Waals surface area contributed by atoms with Crippen LogP contribution in [0.2, 0.25) is 0 Å². The van der Waals surface area contributed by atoms with E-state index >= 15 is 0 Å². The molecule has 0 fully saturated rings. The summed E-state index contributed by atoms with van der Waals surface area (Å²) in [7, 11) is 0. The third-order valence-electron chi connectivity index (χ3n) is 2.58. The highest BCUT2D eigenvalue weighted by Gasteiger charge is 2.16. The largest absolute Gasteiger partial charge is 0.395 e. The zero-order chi connectivity index (χ0) is 11.1. The zero-order valence-corrected chi connectivity index (χ0v) is 9.54. The van der Waals surface area contributed by atoms with Crippen LogP contribution in [0.25, 0.3) is 21.5 Å². The number of anilines is 1. The number of aryl methyl sites for hydroxylation is 1. The first-order valence-electron chi connectivity index (χ1n) is 4.97. The van der Waals surface area contributed by atoms with Crippen molar-refractivity contribution in [1.82, 2.24) is 5.16 Å². The summed E-state index contributed by atoms with van der Waals surface area (Å²) in [6.07, 6.45) is 0. The quantitative estimate of drug-likeness (QED) is 0.696. The highest BCUT2D eigenvalue weighted by atomic mass is 32.1. The molecule has 0 radical (unpaired) electrons. The number of nitrogen functional groups attached to an aromatic ring is 1. The van der Waals surface area contributed by atoms with Gasteiger partial charge in [-0.05, 0) is 6.92 Å². The Bertz CT molecular complexity index is 640. The molecule has 0 spiro atoms. The van der Waals surface area contributed by atoms with E-state index in [1.807, 2.05) is 37.3 Å². The van der Waals surface area contributed by atoms with Crippen LogP contribution < -0.4 is 5.73 Å². The molecule has 16 heavy (non-hydrogen) atoms. The van der Waals surface area contributed by atoms with Crippen molar-refractivity contribution in [3.05, 3.63) is 35.2 Å². The van der Waals surface area contributed by atoms with Gasteiger partial charge >= 0.3 is 0 Å². The van der Waals surface area contributed by atoms with Crippen molar-refractivity contribution in [3.63, 3.8) is 0 Å². The Morgan fingerprint density at radius 1 is 1.25 bits per heavy atom. The smallest absolute Gasteiger partial charge is 0.201 e. The third-order valence-corrected chi connectivity index (χ3v) is 3.68. The first-order valence-corrected chi connectivity index (χ1v) is 5.78. The van der Waals surface area contributed by atoms with Crippen LogP contribution in [0.1, 0.15) is 4.88 Å². The molecule has 0 bridgehead atoms. The topological polar surface area (TPSA) is 52.0 Å². The molecular formula is C12H10N2OS. The van der Waals surface area contributed by atoms with Crippen molar-refractivity contribution in [2.24, 2.45) is 0 Å². The predicted octanol–water partition coefficient (Wildman–Crippen LogP) is 3.45. The van der Waals surface area contributed by atoms with Crippen molar-refractivity contribution in [1.29, 1.82) is 0 Å². The van der Waals surface area contributed by atoms with Gasteiger partial charge in [0.15, 0.2) is 0 Å². The monoisotopic (exact) mass is 230 g/mol. The molecule has 0 aliphatic heterocycles. The van der Waals surface area contributed by atoms with Gasteiger partial charge in [-0.15, -0.1) is 11.3 Å². The summed E-state index contributed by atoms with van der Waals surface area (Å²) in [6.45, 7) is 1.99. The lowest BCUT2D eigenvalue weighted by molar-refractivity contribution is 0.460. The Balaban J connectivity index is 2.29. The molecule has 0 saturated heterocycles. The molecule has 2 N–H and O–H groups in total. The SMILES string of the molecule is Cc1sc2c(-c3ccccc3)noc2c1N. The minimum Gasteiger partial charge on any atom is -0.395 e. The van der Waals surface area contributed by atoms with Crippen LogP contribution >= 0.6 is 11.3 Å². The second kappa shape index (κ2) is 3.35. The van der Waals surface area contributed by atoms with Crippen LogP contribution in [0.4, 0.5) is 5.69 Å². The van der Waals surface area contributed by atoms with E-state index in [-0.39, 0.29) is 0 Å². The van der Waals surface area contributed by atoms with E-state index in [9.17, 15) is 0 Å². The molecule has 80 valence electrons. The number of aromatic nitrogens is 1. The lowest BCUT2D eigenvalue weighted by Gasteiger charge is -1.92. The summed E-state index contributed by atoms with van der Waals surface area (Å²) in [5, 5.41) is 4.08. The van der Waals surface area contributed by atoms with Crippen LogP contribution in [0.15, 0.2) is 34.9 Å². The second-order valence-electron chi connectivity index (χ2n) is 3.63. The van der Waals surface area contributed by atoms with Gasteiger partial charge in [0.05, 0.1) is 5.69 Å². The fourth-order valence-corrected chi connectivity index (χ4v) is 2.70. The van der Waals surface area contributed by atoms with Gasteiger partial charge in [-0.3, -0.25) is 0 Å². The summed E-state index contributed by atoms with van der Waals surface area (Å²) in [5.74, 6) is 0. The van der Waals surface area contributed by atoms with Crippen LogP contribution in [-0.4, -0.2) is 5.16 Å². The summed E-state index contributed by atoms with van der Waals surface area (Å²) < 4.78 is 6.32. The molecule has 3 nitrogen and oxygen atoms in total. The Hall–Kier alpha value is -1.81. The van der Waals surface area contributed by atoms with Gasteiger partial charge in [-0.25, -0.2) is 0 Å². The Labute approximate surface area is 96.5 Å². The van der Waals surface area contributed by atoms with E-state index in [0.717, 1.165) is 20.8 Å². The van der Waals surface area contributed by atoms with E-state index in [4.69, 9.17) is 10.3 Å². The molecule has 0 aliphatic carbocycles. The maximum Gasteiger partial charge on any atom is 0.201 e. The van der Waals surface area contributed by atoms with E-state index in [2.05, 4.69) is 5.16 Å². The Morgan fingerprint density at radius 3 is 2.75 bits per heavy atom. The Morgan fingerprint density at radius 2 is 2.00 bits per heavy atom. The number of fused-ring (bicyclic) bond motifs is 1. The van der Waals surface area contributed by atoms with Crippen molar-refractivity contribution >= 4 is 27.3 Å². The van der Waals surface area contributed by atoms with Crippen LogP contribution in [0.5, 0.6) is 0 Å². The minimum atomic E-state index is 0.703. The molecule has 0 atom stereocenters. The van der Waals surface area contributed by atoms with Gasteiger partial charge in [0.1, 0.15) is 10.4 Å². The zero-order valence-electron chi connectivity index (χ0n) is 8.73. The molecule has 0 amide bonds. The van der Waals surface area contributed by atoms with Crippen molar-refractivity contribution < 1.29 is 4.52 Å². The van der Waals surface area contributed by atoms with Gasteiger partial charge in [0.2, 0.25) is 5.58 Å². The van der Waals surface area contributed by atoms with Crippen molar-refractivity contribution in [3.8, 4) is 11.3 Å². The summed E-state index contributed by atoms with van der Waals surface area (Å²) in [6, 6.07) is 9.99. The van der Waals surface area contributed by atoms with Crippen LogP contribution in [0.3, 0.4) is 0 Å². The fraction of sp³-hybridized carbons (Fsp3) is 0.0833. The Kier molecular flexibility index (Phi) is 1.97. The van der Waals surface area contributed by atoms with E-state index < -0.39 is 0 Å². The molecule has 1 aromatic carbocycles. The average Bonchev–Trinajstić information content (AvgIpc) is 2.83. The summed E-state index contributed by atoms with van der Waals surface area (Å²) in [4.78, 5) is 1.08. The van der Waals surface area contributed by atoms with Crippen LogP contribution in [-0.2, 0) is 0 Å².